The molecule has 0 spiro atoms. The molecule has 0 bridgehead atoms. The second-order valence-electron chi connectivity index (χ2n) is 14.3. The normalized spacial score (nSPS) is 31.6. The summed E-state index contributed by atoms with van der Waals surface area (Å²) < 4.78 is 21.9. The van der Waals surface area contributed by atoms with Gasteiger partial charge in [0.05, 0.1) is 60.7 Å². The van der Waals surface area contributed by atoms with Crippen molar-refractivity contribution in [2.45, 2.75) is 82.4 Å². The Kier molecular flexibility index (Phi) is 9.73. The molecule has 2 aromatic rings. The minimum Gasteiger partial charge on any atom is -0.507 e. The maximum Gasteiger partial charge on any atom is 0.342 e. The maximum atomic E-state index is 14.7. The van der Waals surface area contributed by atoms with E-state index in [2.05, 4.69) is 4.99 Å². The molecule has 0 saturated carbocycles. The van der Waals surface area contributed by atoms with Crippen LogP contribution in [0.2, 0.25) is 0 Å². The molecule has 4 aliphatic rings. The summed E-state index contributed by atoms with van der Waals surface area (Å²) in [5.74, 6) is -8.73. The number of nitrogens with zero attached hydrogens (tertiary/aromatic N) is 1. The van der Waals surface area contributed by atoms with Gasteiger partial charge in [0, 0.05) is 37.3 Å². The number of ketones is 4. The number of fused-ring (bicyclic) bond motifs is 5. The third-order valence-corrected chi connectivity index (χ3v) is 10.7. The number of phenols is 2. The molecule has 3 aliphatic carbocycles. The summed E-state index contributed by atoms with van der Waals surface area (Å²) in [6.07, 6.45) is -7.29. The molecule has 6 N–H and O–H groups in total. The Morgan fingerprint density at radius 1 is 1.04 bits per heavy atom. The number of ether oxygens (including phenoxy) is 4. The third kappa shape index (κ3) is 5.30. The highest BCUT2D eigenvalue weighted by molar-refractivity contribution is 6.53. The second-order valence-corrected chi connectivity index (χ2v) is 14.3. The van der Waals surface area contributed by atoms with E-state index in [1.165, 1.54) is 20.1 Å². The van der Waals surface area contributed by atoms with Crippen molar-refractivity contribution in [3.63, 3.8) is 0 Å². The zero-order valence-corrected chi connectivity index (χ0v) is 29.8. The molecule has 1 heterocycles. The number of phenolic OH excluding ortho intramolecular Hbond substituents is 2. The van der Waals surface area contributed by atoms with Gasteiger partial charge in [-0.2, -0.15) is 0 Å². The number of esters is 1. The van der Waals surface area contributed by atoms with Crippen LogP contribution in [0.1, 0.15) is 95.7 Å². The van der Waals surface area contributed by atoms with Gasteiger partial charge in [-0.3, -0.25) is 24.2 Å². The average molecular weight is 740 g/mol. The van der Waals surface area contributed by atoms with Gasteiger partial charge in [-0.05, 0) is 37.0 Å². The van der Waals surface area contributed by atoms with Crippen molar-refractivity contribution in [1.82, 2.24) is 0 Å². The van der Waals surface area contributed by atoms with Gasteiger partial charge in [0.25, 0.3) is 0 Å². The molecule has 8 atom stereocenters. The number of benzene rings is 2. The zero-order chi connectivity index (χ0) is 39.1. The second kappa shape index (κ2) is 13.5. The van der Waals surface area contributed by atoms with Crippen LogP contribution in [0, 0.1) is 18.8 Å². The third-order valence-electron chi connectivity index (χ3n) is 10.7. The molecule has 16 heteroatoms. The number of Topliss-reactive ketones (excluding diaryl/α,β-unsaturated/α-hetero) is 4. The molecular formula is C37H41NO15. The number of aryl methyl sites for hydroxylation is 1. The molecule has 1 saturated heterocycles. The van der Waals surface area contributed by atoms with E-state index in [9.17, 15) is 54.6 Å². The van der Waals surface area contributed by atoms with Crippen LogP contribution in [-0.4, -0.2) is 129 Å². The van der Waals surface area contributed by atoms with Crippen molar-refractivity contribution >= 4 is 34.8 Å². The molecule has 1 fully saturated rings. The molecular weight excluding hydrogens is 698 g/mol. The van der Waals surface area contributed by atoms with Gasteiger partial charge in [0.15, 0.2) is 23.2 Å². The first-order valence-corrected chi connectivity index (χ1v) is 17.0. The van der Waals surface area contributed by atoms with Gasteiger partial charge in [-0.15, -0.1) is 0 Å². The summed E-state index contributed by atoms with van der Waals surface area (Å²) in [6, 6.07) is 2.19. The van der Waals surface area contributed by atoms with E-state index < -0.39 is 147 Å². The summed E-state index contributed by atoms with van der Waals surface area (Å²) in [5.41, 5.74) is -10.2. The van der Waals surface area contributed by atoms with Crippen molar-refractivity contribution in [1.29, 1.82) is 0 Å². The summed E-state index contributed by atoms with van der Waals surface area (Å²) in [6.45, 7) is 5.95. The van der Waals surface area contributed by atoms with Crippen molar-refractivity contribution in [3.05, 3.63) is 56.6 Å². The molecule has 53 heavy (non-hydrogen) atoms. The van der Waals surface area contributed by atoms with Crippen LogP contribution >= 0.6 is 0 Å². The summed E-state index contributed by atoms with van der Waals surface area (Å²) in [5, 5.41) is 68.1. The number of hydrogen-bond donors (Lipinski definition) is 6. The number of rotatable bonds is 7. The van der Waals surface area contributed by atoms with Crippen molar-refractivity contribution < 1.29 is 73.6 Å². The van der Waals surface area contributed by atoms with Crippen LogP contribution in [-0.2, 0) is 31.0 Å². The Morgan fingerprint density at radius 3 is 2.32 bits per heavy atom. The summed E-state index contributed by atoms with van der Waals surface area (Å²) in [4.78, 5) is 74.3. The van der Waals surface area contributed by atoms with E-state index >= 15 is 0 Å². The Hall–Kier alpha value is -4.42. The lowest BCUT2D eigenvalue weighted by Crippen LogP contribution is -2.73. The van der Waals surface area contributed by atoms with Crippen LogP contribution in [0.25, 0.3) is 0 Å². The summed E-state index contributed by atoms with van der Waals surface area (Å²) in [7, 11) is 2.27. The van der Waals surface area contributed by atoms with Crippen LogP contribution in [0.3, 0.4) is 0 Å². The van der Waals surface area contributed by atoms with Crippen LogP contribution in [0.4, 0.5) is 0 Å². The number of methoxy groups -OCH3 is 2. The van der Waals surface area contributed by atoms with Crippen LogP contribution < -0.4 is 0 Å². The minimum absolute atomic E-state index is 0.00594. The molecule has 284 valence electrons. The predicted octanol–water partition coefficient (Wildman–Crippen LogP) is 0.727. The fourth-order valence-electron chi connectivity index (χ4n) is 8.16. The maximum absolute atomic E-state index is 14.7. The average Bonchev–Trinajstić information content (AvgIpc) is 3.08. The Morgan fingerprint density at radius 2 is 1.72 bits per heavy atom. The quantitative estimate of drug-likeness (QED) is 0.214. The highest BCUT2D eigenvalue weighted by Crippen LogP contribution is 2.56. The SMILES string of the molecule is CO[C@@H]1[C@@H](O)[C@@H](CO)[C@@H](N=C2CC(=O)c3c(cc4c(c3O)C(=O)[C@]3(OC)[C@H](O)Cc5cc(C)c(C(=O)OCC(C)C)c(O)c5[C@]3(O)C4=O)C2=O)O[C@H]1C. The van der Waals surface area contributed by atoms with E-state index in [0.717, 1.165) is 13.2 Å². The van der Waals surface area contributed by atoms with Gasteiger partial charge in [0.1, 0.15) is 23.2 Å². The first-order valence-electron chi connectivity index (χ1n) is 17.0. The monoisotopic (exact) mass is 739 g/mol. The lowest BCUT2D eigenvalue weighted by molar-refractivity contribution is -0.206. The Bertz CT molecular complexity index is 1990. The van der Waals surface area contributed by atoms with Crippen molar-refractivity contribution in [2.75, 3.05) is 27.4 Å². The fraction of sp³-hybridized carbons (Fsp3) is 0.514. The van der Waals surface area contributed by atoms with Crippen LogP contribution in [0.5, 0.6) is 11.5 Å². The summed E-state index contributed by atoms with van der Waals surface area (Å²) >= 11 is 0. The number of aliphatic hydroxyl groups is 4. The zero-order valence-electron chi connectivity index (χ0n) is 29.8. The van der Waals surface area contributed by atoms with E-state index in [4.69, 9.17) is 18.9 Å². The minimum atomic E-state index is -3.25. The predicted molar refractivity (Wildman–Crippen MR) is 181 cm³/mol. The highest BCUT2D eigenvalue weighted by Gasteiger charge is 2.72. The van der Waals surface area contributed by atoms with Crippen molar-refractivity contribution in [2.24, 2.45) is 16.8 Å². The molecule has 0 radical (unpaired) electrons. The fourth-order valence-corrected chi connectivity index (χ4v) is 8.16. The number of aromatic hydroxyl groups is 2. The Labute approximate surface area is 303 Å². The molecule has 1 aliphatic heterocycles. The molecule has 0 unspecified atom stereocenters. The van der Waals surface area contributed by atoms with Gasteiger partial charge in [0.2, 0.25) is 17.3 Å². The first kappa shape index (κ1) is 38.3. The molecule has 16 nitrogen and oxygen atoms in total. The van der Waals surface area contributed by atoms with Crippen molar-refractivity contribution in [3.8, 4) is 11.5 Å². The van der Waals surface area contributed by atoms with Crippen LogP contribution in [0.15, 0.2) is 17.1 Å². The first-order chi connectivity index (χ1) is 24.9. The number of aliphatic hydroxyl groups excluding tert-OH is 3. The largest absolute Gasteiger partial charge is 0.507 e. The highest BCUT2D eigenvalue weighted by atomic mass is 16.6. The number of aliphatic imine (C=N–C) groups is 1. The molecule has 0 aromatic heterocycles. The Balaban J connectivity index is 1.53. The molecule has 2 aromatic carbocycles. The number of hydrogen-bond acceptors (Lipinski definition) is 16. The topological polar surface area (TPSA) is 256 Å². The van der Waals surface area contributed by atoms with Gasteiger partial charge in [-0.25, -0.2) is 4.79 Å². The van der Waals surface area contributed by atoms with Gasteiger partial charge >= 0.3 is 5.97 Å². The van der Waals surface area contributed by atoms with Gasteiger partial charge < -0.3 is 49.6 Å². The smallest absolute Gasteiger partial charge is 0.342 e. The molecule has 6 rings (SSSR count). The van der Waals surface area contributed by atoms with Gasteiger partial charge in [-0.1, -0.05) is 19.9 Å². The van der Waals surface area contributed by atoms with E-state index in [1.54, 1.807) is 20.8 Å². The molecule has 0 amide bonds. The lowest BCUT2D eigenvalue weighted by Gasteiger charge is -2.52. The number of carbonyl (C=O) groups is 5. The van der Waals surface area contributed by atoms with E-state index in [-0.39, 0.29) is 23.7 Å². The number of carbonyl (C=O) groups excluding carboxylic acids is 5. The standard InChI is InChI=1S/C37H41NO15/c1-13(2)12-52-35(48)23-14(3)7-16-8-22(41)37(51-6)33(47)25-18(32(46)36(37,49)26(16)30(23)45)9-17-24(29(25)44)21(40)10-20(27(17)42)38-34-19(11-39)28(43)31(50-5)15(4)53-34/h7,9,13,15,19,22,28,31,34,39,41,43-45,49H,8,10-12H2,1-6H3/t15-,19+,22+,28-,31-,34-,36-,37+/m0/s1. The lowest BCUT2D eigenvalue weighted by atomic mass is 9.56. The van der Waals surface area contributed by atoms with E-state index in [1.807, 2.05) is 0 Å². The van der Waals surface area contributed by atoms with E-state index in [0.29, 0.717) is 0 Å².